The van der Waals surface area contributed by atoms with Crippen molar-refractivity contribution in [3.05, 3.63) is 29.3 Å². The molecule has 0 radical (unpaired) electrons. The number of nitrogens with one attached hydrogen (secondary N) is 1. The summed E-state index contributed by atoms with van der Waals surface area (Å²) in [7, 11) is 0. The maximum absolute atomic E-state index is 12.4. The van der Waals surface area contributed by atoms with Crippen LogP contribution in [0.15, 0.2) is 18.2 Å². The summed E-state index contributed by atoms with van der Waals surface area (Å²) in [5.74, 6) is -1.06. The molecule has 1 aromatic carbocycles. The molecule has 1 heterocycles. The number of nitrogens with zero attached hydrogens (tertiary/aromatic N) is 1. The summed E-state index contributed by atoms with van der Waals surface area (Å²) in [6.45, 7) is 6.57. The number of para-hydroxylation sites is 1. The van der Waals surface area contributed by atoms with Crippen LogP contribution in [0.25, 0.3) is 0 Å². The second kappa shape index (κ2) is 6.13. The second-order valence-corrected chi connectivity index (χ2v) is 5.40. The first-order chi connectivity index (χ1) is 9.88. The van der Waals surface area contributed by atoms with E-state index in [-0.39, 0.29) is 23.8 Å². The predicted molar refractivity (Wildman–Crippen MR) is 78.7 cm³/mol. The number of hydrogen-bond donors (Lipinski definition) is 2. The molecular formula is C15H20N2O4. The van der Waals surface area contributed by atoms with Gasteiger partial charge in [-0.25, -0.2) is 9.59 Å². The van der Waals surface area contributed by atoms with Gasteiger partial charge in [-0.2, -0.15) is 0 Å². The quantitative estimate of drug-likeness (QED) is 0.877. The minimum absolute atomic E-state index is 0.0321. The van der Waals surface area contributed by atoms with Crippen molar-refractivity contribution in [3.63, 3.8) is 0 Å². The van der Waals surface area contributed by atoms with Crippen molar-refractivity contribution in [2.75, 3.05) is 18.4 Å². The molecule has 6 nitrogen and oxygen atoms in total. The molecule has 2 atom stereocenters. The van der Waals surface area contributed by atoms with Crippen LogP contribution >= 0.6 is 0 Å². The third-order valence-electron chi connectivity index (χ3n) is 3.44. The van der Waals surface area contributed by atoms with Crippen molar-refractivity contribution in [3.8, 4) is 0 Å². The summed E-state index contributed by atoms with van der Waals surface area (Å²) >= 11 is 0. The first kappa shape index (κ1) is 15.3. The minimum Gasteiger partial charge on any atom is -0.478 e. The summed E-state index contributed by atoms with van der Waals surface area (Å²) in [5.41, 5.74) is 1.16. The fourth-order valence-corrected chi connectivity index (χ4v) is 2.54. The Bertz CT molecular complexity index is 549. The summed E-state index contributed by atoms with van der Waals surface area (Å²) < 4.78 is 5.59. The molecule has 0 aliphatic carbocycles. The van der Waals surface area contributed by atoms with Gasteiger partial charge >= 0.3 is 12.0 Å². The monoisotopic (exact) mass is 292 g/mol. The predicted octanol–water partition coefficient (Wildman–Crippen LogP) is 2.33. The lowest BCUT2D eigenvalue weighted by Gasteiger charge is -2.35. The number of carbonyl (C=O) groups is 2. The molecule has 2 N–H and O–H groups in total. The molecule has 2 rings (SSSR count). The van der Waals surface area contributed by atoms with Crippen molar-refractivity contribution in [2.24, 2.45) is 0 Å². The standard InChI is InChI=1S/C15H20N2O4/c1-9-5-4-6-12(14(18)19)13(9)16-15(20)17-7-10(2)21-11(3)8-17/h4-6,10-11H,7-8H2,1-3H3,(H,16,20)(H,18,19). The number of aryl methyl sites for hydroxylation is 1. The Morgan fingerprint density at radius 2 is 1.90 bits per heavy atom. The normalized spacial score (nSPS) is 22.0. The van der Waals surface area contributed by atoms with Crippen LogP contribution in [-0.2, 0) is 4.74 Å². The van der Waals surface area contributed by atoms with Crippen LogP contribution < -0.4 is 5.32 Å². The number of hydrogen-bond acceptors (Lipinski definition) is 3. The molecule has 1 aliphatic rings. The molecule has 0 bridgehead atoms. The van der Waals surface area contributed by atoms with Crippen molar-refractivity contribution in [1.29, 1.82) is 0 Å². The van der Waals surface area contributed by atoms with E-state index < -0.39 is 5.97 Å². The van der Waals surface area contributed by atoms with Gasteiger partial charge in [0.1, 0.15) is 0 Å². The van der Waals surface area contributed by atoms with Crippen molar-refractivity contribution < 1.29 is 19.4 Å². The fourth-order valence-electron chi connectivity index (χ4n) is 2.54. The lowest BCUT2D eigenvalue weighted by atomic mass is 10.1. The van der Waals surface area contributed by atoms with E-state index >= 15 is 0 Å². The first-order valence-electron chi connectivity index (χ1n) is 6.92. The van der Waals surface area contributed by atoms with Crippen LogP contribution in [-0.4, -0.2) is 47.3 Å². The van der Waals surface area contributed by atoms with E-state index in [1.165, 1.54) is 6.07 Å². The zero-order chi connectivity index (χ0) is 15.6. The SMILES string of the molecule is Cc1cccc(C(=O)O)c1NC(=O)N1CC(C)OC(C)C1. The summed E-state index contributed by atoms with van der Waals surface area (Å²) in [5, 5.41) is 11.9. The molecule has 0 saturated carbocycles. The number of anilines is 1. The number of aromatic carboxylic acids is 1. The molecule has 21 heavy (non-hydrogen) atoms. The minimum atomic E-state index is -1.06. The van der Waals surface area contributed by atoms with Crippen molar-refractivity contribution in [1.82, 2.24) is 4.90 Å². The summed E-state index contributed by atoms with van der Waals surface area (Å²) in [6, 6.07) is 4.61. The Kier molecular flexibility index (Phi) is 4.47. The van der Waals surface area contributed by atoms with Gasteiger partial charge in [0.15, 0.2) is 0 Å². The second-order valence-electron chi connectivity index (χ2n) is 5.40. The van der Waals surface area contributed by atoms with Gasteiger partial charge in [-0.15, -0.1) is 0 Å². The van der Waals surface area contributed by atoms with Gasteiger partial charge in [0.25, 0.3) is 0 Å². The van der Waals surface area contributed by atoms with Gasteiger partial charge in [0, 0.05) is 13.1 Å². The van der Waals surface area contributed by atoms with E-state index in [2.05, 4.69) is 5.32 Å². The van der Waals surface area contributed by atoms with E-state index in [1.54, 1.807) is 24.0 Å². The molecule has 1 fully saturated rings. The van der Waals surface area contributed by atoms with E-state index in [4.69, 9.17) is 4.74 Å². The van der Waals surface area contributed by atoms with Crippen LogP contribution in [0.2, 0.25) is 0 Å². The Hall–Kier alpha value is -2.08. The maximum atomic E-state index is 12.4. The lowest BCUT2D eigenvalue weighted by molar-refractivity contribution is -0.0530. The van der Waals surface area contributed by atoms with Gasteiger partial charge in [0.2, 0.25) is 0 Å². The number of ether oxygens (including phenoxy) is 1. The number of benzene rings is 1. The molecule has 6 heteroatoms. The zero-order valence-corrected chi connectivity index (χ0v) is 12.4. The molecule has 0 aromatic heterocycles. The number of morpholine rings is 1. The number of carboxylic acids is 1. The third-order valence-corrected chi connectivity index (χ3v) is 3.44. The highest BCUT2D eigenvalue weighted by Crippen LogP contribution is 2.22. The van der Waals surface area contributed by atoms with Crippen LogP contribution in [0.5, 0.6) is 0 Å². The van der Waals surface area contributed by atoms with Crippen LogP contribution in [0.1, 0.15) is 29.8 Å². The molecule has 0 spiro atoms. The lowest BCUT2D eigenvalue weighted by Crippen LogP contribution is -2.49. The molecule has 2 amide bonds. The zero-order valence-electron chi connectivity index (χ0n) is 12.4. The largest absolute Gasteiger partial charge is 0.478 e. The van der Waals surface area contributed by atoms with Crippen LogP contribution in [0.4, 0.5) is 10.5 Å². The van der Waals surface area contributed by atoms with Gasteiger partial charge in [-0.05, 0) is 32.4 Å². The van der Waals surface area contributed by atoms with Crippen LogP contribution in [0.3, 0.4) is 0 Å². The number of carboxylic acid groups (broad SMARTS) is 1. The number of amides is 2. The molecule has 114 valence electrons. The maximum Gasteiger partial charge on any atom is 0.337 e. The highest BCUT2D eigenvalue weighted by Gasteiger charge is 2.26. The highest BCUT2D eigenvalue weighted by atomic mass is 16.5. The van der Waals surface area contributed by atoms with Gasteiger partial charge < -0.3 is 20.1 Å². The number of carbonyl (C=O) groups excluding carboxylic acids is 1. The summed E-state index contributed by atoms with van der Waals surface area (Å²) in [4.78, 5) is 25.3. The average Bonchev–Trinajstić information content (AvgIpc) is 2.39. The summed E-state index contributed by atoms with van der Waals surface area (Å²) in [6.07, 6.45) is -0.0642. The van der Waals surface area contributed by atoms with Crippen molar-refractivity contribution in [2.45, 2.75) is 33.0 Å². The Labute approximate surface area is 123 Å². The fraction of sp³-hybridized carbons (Fsp3) is 0.467. The number of rotatable bonds is 2. The molecule has 1 aliphatic heterocycles. The van der Waals surface area contributed by atoms with Gasteiger partial charge in [0.05, 0.1) is 23.5 Å². The Balaban J connectivity index is 2.18. The van der Waals surface area contributed by atoms with Crippen molar-refractivity contribution >= 4 is 17.7 Å². The third kappa shape index (κ3) is 3.52. The van der Waals surface area contributed by atoms with Crippen LogP contribution in [0, 0.1) is 6.92 Å². The van der Waals surface area contributed by atoms with E-state index in [0.717, 1.165) is 5.56 Å². The number of urea groups is 1. The smallest absolute Gasteiger partial charge is 0.337 e. The van der Waals surface area contributed by atoms with Gasteiger partial charge in [-0.3, -0.25) is 0 Å². The average molecular weight is 292 g/mol. The molecular weight excluding hydrogens is 272 g/mol. The topological polar surface area (TPSA) is 78.9 Å². The molecule has 2 unspecified atom stereocenters. The van der Waals surface area contributed by atoms with Gasteiger partial charge in [-0.1, -0.05) is 12.1 Å². The van der Waals surface area contributed by atoms with E-state index in [9.17, 15) is 14.7 Å². The Morgan fingerprint density at radius 3 is 2.48 bits per heavy atom. The highest BCUT2D eigenvalue weighted by molar-refractivity contribution is 6.01. The van der Waals surface area contributed by atoms with E-state index in [0.29, 0.717) is 18.8 Å². The molecule has 1 saturated heterocycles. The Morgan fingerprint density at radius 1 is 1.29 bits per heavy atom. The first-order valence-corrected chi connectivity index (χ1v) is 6.92. The molecule has 1 aromatic rings. The van der Waals surface area contributed by atoms with E-state index in [1.807, 2.05) is 13.8 Å².